The van der Waals surface area contributed by atoms with Crippen molar-refractivity contribution in [2.45, 2.75) is 58.8 Å². The number of allylic oxidation sites excluding steroid dienone is 4. The Labute approximate surface area is 196 Å². The fraction of sp³-hybridized carbons (Fsp3) is 0.273. The number of rotatable bonds is 0. The molecule has 0 saturated carbocycles. The van der Waals surface area contributed by atoms with Crippen molar-refractivity contribution in [3.8, 4) is 11.1 Å². The van der Waals surface area contributed by atoms with Gasteiger partial charge in [-0.1, -0.05) is 79.6 Å². The highest BCUT2D eigenvalue weighted by atomic mass is 14.5. The zero-order chi connectivity index (χ0) is 22.9. The average Bonchev–Trinajstić information content (AvgIpc) is 3.06. The minimum Gasteiger partial charge on any atom is -0.0686 e. The molecule has 0 aliphatic heterocycles. The Morgan fingerprint density at radius 2 is 1.52 bits per heavy atom. The SMILES string of the molecule is CC1=CC2(CC(C)=C1C)c1ccc3cccc4c3c1-c1c(cc3c(C)cccc3c12)C4(C)C. The van der Waals surface area contributed by atoms with Crippen molar-refractivity contribution in [3.63, 3.8) is 0 Å². The van der Waals surface area contributed by atoms with Crippen molar-refractivity contribution in [2.75, 3.05) is 0 Å². The maximum atomic E-state index is 2.61. The molecule has 3 aliphatic rings. The summed E-state index contributed by atoms with van der Waals surface area (Å²) in [6.45, 7) is 14.1. The molecule has 3 aliphatic carbocycles. The van der Waals surface area contributed by atoms with E-state index in [9.17, 15) is 0 Å². The fourth-order valence-electron chi connectivity index (χ4n) is 7.35. The third-order valence-corrected chi connectivity index (χ3v) is 9.21. The van der Waals surface area contributed by atoms with Gasteiger partial charge in [-0.2, -0.15) is 0 Å². The van der Waals surface area contributed by atoms with Crippen LogP contribution in [0.5, 0.6) is 0 Å². The van der Waals surface area contributed by atoms with Crippen molar-refractivity contribution in [2.24, 2.45) is 0 Å². The van der Waals surface area contributed by atoms with Crippen LogP contribution in [0.4, 0.5) is 0 Å². The van der Waals surface area contributed by atoms with Gasteiger partial charge in [0.25, 0.3) is 0 Å². The zero-order valence-electron chi connectivity index (χ0n) is 20.5. The maximum Gasteiger partial charge on any atom is 0.0443 e. The highest BCUT2D eigenvalue weighted by molar-refractivity contribution is 6.13. The van der Waals surface area contributed by atoms with Crippen molar-refractivity contribution in [1.82, 2.24) is 0 Å². The summed E-state index contributed by atoms with van der Waals surface area (Å²) in [6, 6.07) is 21.2. The minimum absolute atomic E-state index is 0.0363. The van der Waals surface area contributed by atoms with Crippen molar-refractivity contribution < 1.29 is 0 Å². The summed E-state index contributed by atoms with van der Waals surface area (Å²) in [6.07, 6.45) is 3.68. The summed E-state index contributed by atoms with van der Waals surface area (Å²) in [5, 5.41) is 5.70. The summed E-state index contributed by atoms with van der Waals surface area (Å²) < 4.78 is 0. The lowest BCUT2D eigenvalue weighted by Gasteiger charge is -2.36. The van der Waals surface area contributed by atoms with Gasteiger partial charge in [-0.3, -0.25) is 0 Å². The molecular weight excluding hydrogens is 396 g/mol. The quantitative estimate of drug-likeness (QED) is 0.263. The predicted octanol–water partition coefficient (Wildman–Crippen LogP) is 8.89. The van der Waals surface area contributed by atoms with Crippen molar-refractivity contribution >= 4 is 21.5 Å². The molecule has 4 aromatic carbocycles. The average molecular weight is 427 g/mol. The molecule has 0 N–H and O–H groups in total. The Bertz CT molecular complexity index is 1640. The Kier molecular flexibility index (Phi) is 3.44. The number of aryl methyl sites for hydroxylation is 1. The van der Waals surface area contributed by atoms with E-state index in [-0.39, 0.29) is 10.8 Å². The summed E-state index contributed by atoms with van der Waals surface area (Å²) in [7, 11) is 0. The molecule has 0 bridgehead atoms. The van der Waals surface area contributed by atoms with Gasteiger partial charge in [-0.15, -0.1) is 0 Å². The molecule has 0 fully saturated rings. The van der Waals surface area contributed by atoms with E-state index in [1.54, 1.807) is 5.56 Å². The van der Waals surface area contributed by atoms with E-state index < -0.39 is 0 Å². The maximum absolute atomic E-state index is 2.61. The van der Waals surface area contributed by atoms with Crippen LogP contribution in [0.25, 0.3) is 32.7 Å². The van der Waals surface area contributed by atoms with Crippen LogP contribution in [0.1, 0.15) is 68.9 Å². The molecule has 1 spiro atoms. The van der Waals surface area contributed by atoms with Crippen LogP contribution >= 0.6 is 0 Å². The van der Waals surface area contributed by atoms with Crippen LogP contribution in [0.3, 0.4) is 0 Å². The van der Waals surface area contributed by atoms with Crippen LogP contribution in [0.2, 0.25) is 0 Å². The van der Waals surface area contributed by atoms with Gasteiger partial charge < -0.3 is 0 Å². The second kappa shape index (κ2) is 5.86. The Hall–Kier alpha value is -3.12. The number of hydrogen-bond acceptors (Lipinski definition) is 0. The third-order valence-electron chi connectivity index (χ3n) is 9.21. The monoisotopic (exact) mass is 426 g/mol. The van der Waals surface area contributed by atoms with E-state index in [4.69, 9.17) is 0 Å². The van der Waals surface area contributed by atoms with Gasteiger partial charge in [0.15, 0.2) is 0 Å². The largest absolute Gasteiger partial charge is 0.0686 e. The van der Waals surface area contributed by atoms with E-state index in [0.717, 1.165) is 6.42 Å². The molecule has 162 valence electrons. The zero-order valence-corrected chi connectivity index (χ0v) is 20.5. The van der Waals surface area contributed by atoms with Crippen LogP contribution < -0.4 is 0 Å². The molecule has 0 heterocycles. The van der Waals surface area contributed by atoms with Gasteiger partial charge in [0.05, 0.1) is 0 Å². The van der Waals surface area contributed by atoms with E-state index >= 15 is 0 Å². The summed E-state index contributed by atoms with van der Waals surface area (Å²) >= 11 is 0. The number of hydrogen-bond donors (Lipinski definition) is 0. The Morgan fingerprint density at radius 3 is 2.30 bits per heavy atom. The van der Waals surface area contributed by atoms with Crippen molar-refractivity contribution in [1.29, 1.82) is 0 Å². The number of benzene rings is 4. The van der Waals surface area contributed by atoms with Gasteiger partial charge in [0, 0.05) is 10.8 Å². The molecule has 4 aromatic rings. The van der Waals surface area contributed by atoms with Crippen LogP contribution in [-0.4, -0.2) is 0 Å². The Balaban J connectivity index is 1.79. The molecule has 0 heteroatoms. The van der Waals surface area contributed by atoms with Gasteiger partial charge in [-0.25, -0.2) is 0 Å². The highest BCUT2D eigenvalue weighted by Crippen LogP contribution is 2.64. The normalized spacial score (nSPS) is 21.9. The minimum atomic E-state index is -0.0951. The molecule has 0 radical (unpaired) electrons. The van der Waals surface area contributed by atoms with E-state index in [1.807, 2.05) is 0 Å². The predicted molar refractivity (Wildman–Crippen MR) is 141 cm³/mol. The van der Waals surface area contributed by atoms with Crippen LogP contribution in [-0.2, 0) is 10.8 Å². The molecule has 1 atom stereocenters. The van der Waals surface area contributed by atoms with Crippen molar-refractivity contribution in [3.05, 3.63) is 105 Å². The van der Waals surface area contributed by atoms with E-state index in [2.05, 4.69) is 102 Å². The molecule has 0 saturated heterocycles. The molecule has 0 nitrogen and oxygen atoms in total. The number of fused-ring (bicyclic) bond motifs is 4. The Morgan fingerprint density at radius 1 is 0.727 bits per heavy atom. The first-order chi connectivity index (χ1) is 15.8. The first kappa shape index (κ1) is 19.4. The van der Waals surface area contributed by atoms with E-state index in [1.165, 1.54) is 71.6 Å². The molecule has 1 unspecified atom stereocenters. The van der Waals surface area contributed by atoms with Gasteiger partial charge in [0.1, 0.15) is 0 Å². The lowest BCUT2D eigenvalue weighted by molar-refractivity contribution is 0.630. The van der Waals surface area contributed by atoms with Gasteiger partial charge >= 0.3 is 0 Å². The fourth-order valence-corrected chi connectivity index (χ4v) is 7.35. The topological polar surface area (TPSA) is 0 Å². The molecule has 0 aromatic heterocycles. The molecule has 7 rings (SSSR count). The van der Waals surface area contributed by atoms with Gasteiger partial charge in [0.2, 0.25) is 0 Å². The van der Waals surface area contributed by atoms with E-state index in [0.29, 0.717) is 0 Å². The standard InChI is InChI=1S/C33H30/c1-18-9-7-11-23-24(18)15-27-30-29-26(33(31(23)30)16-19(2)21(4)20(3)17-33)14-13-22-10-8-12-25(28(22)29)32(27,5)6/h7-16H,17H2,1-6H3. The third kappa shape index (κ3) is 2.09. The highest BCUT2D eigenvalue weighted by Gasteiger charge is 2.50. The molecule has 0 amide bonds. The first-order valence-electron chi connectivity index (χ1n) is 12.3. The second-order valence-electron chi connectivity index (χ2n) is 11.2. The molecular formula is C33H30. The van der Waals surface area contributed by atoms with Crippen LogP contribution in [0, 0.1) is 6.92 Å². The van der Waals surface area contributed by atoms with Crippen LogP contribution in [0.15, 0.2) is 77.4 Å². The lowest BCUT2D eigenvalue weighted by Crippen LogP contribution is -2.27. The summed E-state index contributed by atoms with van der Waals surface area (Å²) in [5.74, 6) is 0. The van der Waals surface area contributed by atoms with Gasteiger partial charge in [-0.05, 0) is 106 Å². The molecule has 33 heavy (non-hydrogen) atoms. The second-order valence-corrected chi connectivity index (χ2v) is 11.2. The smallest absolute Gasteiger partial charge is 0.0443 e. The first-order valence-corrected chi connectivity index (χ1v) is 12.3. The summed E-state index contributed by atoms with van der Waals surface area (Å²) in [5.41, 5.74) is 14.7. The lowest BCUT2D eigenvalue weighted by atomic mass is 9.66. The summed E-state index contributed by atoms with van der Waals surface area (Å²) in [4.78, 5) is 0.